The third-order valence-corrected chi connectivity index (χ3v) is 5.62. The van der Waals surface area contributed by atoms with Crippen molar-refractivity contribution >= 4 is 5.91 Å². The molecule has 0 aliphatic carbocycles. The SMILES string of the molecule is CCO[C@@H]1OC(C(=O)NCc2ccccc2)=C[C@H](c2ccccc2)[C@@H]1CCOCCOCCO. The van der Waals surface area contributed by atoms with E-state index in [1.807, 2.05) is 61.5 Å². The van der Waals surface area contributed by atoms with Crippen molar-refractivity contribution in [2.75, 3.05) is 39.6 Å². The fourth-order valence-electron chi connectivity index (χ4n) is 3.96. The molecule has 0 bridgehead atoms. The zero-order valence-corrected chi connectivity index (χ0v) is 19.7. The Morgan fingerprint density at radius 3 is 2.32 bits per heavy atom. The molecule has 0 saturated heterocycles. The Balaban J connectivity index is 1.70. The number of hydrogen-bond donors (Lipinski definition) is 2. The molecule has 7 nitrogen and oxygen atoms in total. The third kappa shape index (κ3) is 7.95. The Bertz CT molecular complexity index is 873. The summed E-state index contributed by atoms with van der Waals surface area (Å²) in [4.78, 5) is 13.0. The lowest BCUT2D eigenvalue weighted by molar-refractivity contribution is -0.168. The predicted octanol–water partition coefficient (Wildman–Crippen LogP) is 3.40. The van der Waals surface area contributed by atoms with Gasteiger partial charge in [-0.1, -0.05) is 60.7 Å². The summed E-state index contributed by atoms with van der Waals surface area (Å²) in [5.41, 5.74) is 2.12. The predicted molar refractivity (Wildman–Crippen MR) is 129 cm³/mol. The molecule has 3 atom stereocenters. The lowest BCUT2D eigenvalue weighted by Crippen LogP contribution is -2.39. The molecule has 34 heavy (non-hydrogen) atoms. The van der Waals surface area contributed by atoms with E-state index in [1.54, 1.807) is 0 Å². The lowest BCUT2D eigenvalue weighted by Gasteiger charge is -2.37. The maximum absolute atomic E-state index is 13.0. The number of nitrogens with one attached hydrogen (secondary N) is 1. The van der Waals surface area contributed by atoms with Crippen LogP contribution in [0.2, 0.25) is 0 Å². The van der Waals surface area contributed by atoms with Gasteiger partial charge in [0, 0.05) is 31.6 Å². The average molecular weight is 470 g/mol. The van der Waals surface area contributed by atoms with Crippen molar-refractivity contribution in [2.24, 2.45) is 5.92 Å². The van der Waals surface area contributed by atoms with Crippen molar-refractivity contribution in [3.63, 3.8) is 0 Å². The number of carbonyl (C=O) groups excluding carboxylic acids is 1. The van der Waals surface area contributed by atoms with E-state index in [9.17, 15) is 4.79 Å². The molecular weight excluding hydrogens is 434 g/mol. The second-order valence-electron chi connectivity index (χ2n) is 7.98. The number of aliphatic hydroxyl groups excluding tert-OH is 1. The van der Waals surface area contributed by atoms with Gasteiger partial charge in [-0.3, -0.25) is 4.79 Å². The molecular formula is C27H35NO6. The van der Waals surface area contributed by atoms with Gasteiger partial charge in [0.05, 0.1) is 26.4 Å². The van der Waals surface area contributed by atoms with Crippen molar-refractivity contribution in [1.29, 1.82) is 0 Å². The number of allylic oxidation sites excluding steroid dienone is 1. The maximum Gasteiger partial charge on any atom is 0.286 e. The van der Waals surface area contributed by atoms with Crippen LogP contribution in [0.4, 0.5) is 0 Å². The number of benzene rings is 2. The molecule has 2 aromatic rings. The van der Waals surface area contributed by atoms with Crippen LogP contribution < -0.4 is 5.32 Å². The maximum atomic E-state index is 13.0. The summed E-state index contributed by atoms with van der Waals surface area (Å²) in [6, 6.07) is 19.9. The molecule has 184 valence electrons. The van der Waals surface area contributed by atoms with Crippen LogP contribution in [0.25, 0.3) is 0 Å². The minimum atomic E-state index is -0.563. The second kappa shape index (κ2) is 14.5. The van der Waals surface area contributed by atoms with Crippen LogP contribution >= 0.6 is 0 Å². The minimum Gasteiger partial charge on any atom is -0.459 e. The summed E-state index contributed by atoms with van der Waals surface area (Å²) >= 11 is 0. The van der Waals surface area contributed by atoms with E-state index in [-0.39, 0.29) is 30.1 Å². The fourth-order valence-corrected chi connectivity index (χ4v) is 3.96. The summed E-state index contributed by atoms with van der Waals surface area (Å²) in [7, 11) is 0. The number of rotatable bonds is 14. The van der Waals surface area contributed by atoms with Crippen molar-refractivity contribution < 1.29 is 28.8 Å². The molecule has 2 aromatic carbocycles. The van der Waals surface area contributed by atoms with E-state index in [2.05, 4.69) is 17.4 Å². The number of aliphatic hydroxyl groups is 1. The number of hydrogen-bond acceptors (Lipinski definition) is 6. The van der Waals surface area contributed by atoms with Gasteiger partial charge in [0.15, 0.2) is 5.76 Å². The van der Waals surface area contributed by atoms with Crippen LogP contribution in [0.1, 0.15) is 30.4 Å². The van der Waals surface area contributed by atoms with Crippen LogP contribution in [0.3, 0.4) is 0 Å². The zero-order chi connectivity index (χ0) is 24.0. The van der Waals surface area contributed by atoms with Crippen molar-refractivity contribution in [2.45, 2.75) is 32.1 Å². The van der Waals surface area contributed by atoms with Gasteiger partial charge in [0.25, 0.3) is 5.91 Å². The highest BCUT2D eigenvalue weighted by Gasteiger charge is 2.37. The molecule has 3 rings (SSSR count). The van der Waals surface area contributed by atoms with Gasteiger partial charge in [-0.25, -0.2) is 0 Å². The highest BCUT2D eigenvalue weighted by Crippen LogP contribution is 2.38. The highest BCUT2D eigenvalue weighted by atomic mass is 16.7. The van der Waals surface area contributed by atoms with Crippen molar-refractivity contribution in [1.82, 2.24) is 5.32 Å². The molecule has 0 radical (unpaired) electrons. The molecule has 0 fully saturated rings. The molecule has 0 saturated carbocycles. The summed E-state index contributed by atoms with van der Waals surface area (Å²) in [6.45, 7) is 4.51. The van der Waals surface area contributed by atoms with Crippen molar-refractivity contribution in [3.8, 4) is 0 Å². The molecule has 0 aromatic heterocycles. The van der Waals surface area contributed by atoms with Gasteiger partial charge in [-0.05, 0) is 30.5 Å². The highest BCUT2D eigenvalue weighted by molar-refractivity contribution is 5.91. The first-order valence-electron chi connectivity index (χ1n) is 11.9. The van der Waals surface area contributed by atoms with Gasteiger partial charge in [0.1, 0.15) is 0 Å². The lowest BCUT2D eigenvalue weighted by atomic mass is 9.81. The molecule has 0 unspecified atom stereocenters. The number of carbonyl (C=O) groups is 1. The van der Waals surface area contributed by atoms with E-state index in [4.69, 9.17) is 24.1 Å². The molecule has 1 aliphatic rings. The van der Waals surface area contributed by atoms with Gasteiger partial charge in [-0.15, -0.1) is 0 Å². The Morgan fingerprint density at radius 2 is 1.65 bits per heavy atom. The molecule has 1 amide bonds. The summed E-state index contributed by atoms with van der Waals surface area (Å²) in [6.07, 6.45) is 2.03. The Kier molecular flexibility index (Phi) is 11.1. The first-order valence-corrected chi connectivity index (χ1v) is 11.9. The van der Waals surface area contributed by atoms with E-state index < -0.39 is 6.29 Å². The van der Waals surface area contributed by atoms with Gasteiger partial charge < -0.3 is 29.4 Å². The van der Waals surface area contributed by atoms with Crippen molar-refractivity contribution in [3.05, 3.63) is 83.6 Å². The van der Waals surface area contributed by atoms with E-state index in [0.717, 1.165) is 11.1 Å². The van der Waals surface area contributed by atoms with Crippen LogP contribution in [0, 0.1) is 5.92 Å². The summed E-state index contributed by atoms with van der Waals surface area (Å²) in [5.74, 6) is -0.0624. The topological polar surface area (TPSA) is 86.3 Å². The monoisotopic (exact) mass is 469 g/mol. The average Bonchev–Trinajstić information content (AvgIpc) is 2.88. The van der Waals surface area contributed by atoms with E-state index in [1.165, 1.54) is 0 Å². The fraction of sp³-hybridized carbons (Fsp3) is 0.444. The minimum absolute atomic E-state index is 0.00178. The van der Waals surface area contributed by atoms with Gasteiger partial charge in [-0.2, -0.15) is 0 Å². The van der Waals surface area contributed by atoms with Crippen LogP contribution in [0.5, 0.6) is 0 Å². The quantitative estimate of drug-likeness (QED) is 0.413. The normalized spacial score (nSPS) is 19.8. The van der Waals surface area contributed by atoms with Gasteiger partial charge in [0.2, 0.25) is 6.29 Å². The Hall–Kier alpha value is -2.71. The standard InChI is InChI=1S/C27H35NO6/c1-2-33-27-23(13-15-31-17-18-32-16-14-29)24(22-11-7-4-8-12-22)19-25(34-27)26(30)28-20-21-9-5-3-6-10-21/h3-12,19,23-24,27,29H,2,13-18,20H2,1H3,(H,28,30)/t23-,24+,27+/m0/s1. The Labute approximate surface area is 201 Å². The molecule has 0 spiro atoms. The summed E-state index contributed by atoms with van der Waals surface area (Å²) in [5, 5.41) is 11.7. The molecule has 1 heterocycles. The number of ether oxygens (including phenoxy) is 4. The first kappa shape index (κ1) is 25.9. The Morgan fingerprint density at radius 1 is 0.971 bits per heavy atom. The largest absolute Gasteiger partial charge is 0.459 e. The van der Waals surface area contributed by atoms with Crippen LogP contribution in [-0.4, -0.2) is 56.9 Å². The van der Waals surface area contributed by atoms with E-state index >= 15 is 0 Å². The van der Waals surface area contributed by atoms with Crippen LogP contribution in [-0.2, 0) is 30.3 Å². The second-order valence-corrected chi connectivity index (χ2v) is 7.98. The molecule has 2 N–H and O–H groups in total. The van der Waals surface area contributed by atoms with Gasteiger partial charge >= 0.3 is 0 Å². The van der Waals surface area contributed by atoms with E-state index in [0.29, 0.717) is 46.0 Å². The summed E-state index contributed by atoms with van der Waals surface area (Å²) < 4.78 is 23.0. The smallest absolute Gasteiger partial charge is 0.286 e. The zero-order valence-electron chi connectivity index (χ0n) is 19.7. The molecule has 1 aliphatic heterocycles. The first-order chi connectivity index (χ1) is 16.7. The van der Waals surface area contributed by atoms with Crippen LogP contribution in [0.15, 0.2) is 72.5 Å². The third-order valence-electron chi connectivity index (χ3n) is 5.62. The molecule has 7 heteroatoms. The number of amides is 1.